The third-order valence-electron chi connectivity index (χ3n) is 4.09. The summed E-state index contributed by atoms with van der Waals surface area (Å²) in [7, 11) is 0. The van der Waals surface area contributed by atoms with E-state index >= 15 is 0 Å². The number of carbonyl (C=O) groups is 1. The Kier molecular flexibility index (Phi) is 4.02. The van der Waals surface area contributed by atoms with Crippen LogP contribution < -0.4 is 5.69 Å². The maximum Gasteiger partial charge on any atom is 0.347 e. The molecule has 2 rings (SSSR count). The highest BCUT2D eigenvalue weighted by Crippen LogP contribution is 2.29. The molecule has 1 aliphatic carbocycles. The average Bonchev–Trinajstić information content (AvgIpc) is 2.26. The second kappa shape index (κ2) is 5.55. The highest BCUT2D eigenvalue weighted by atomic mass is 16.4. The fraction of sp³-hybridized carbons (Fsp3) is 0.643. The van der Waals surface area contributed by atoms with Crippen molar-refractivity contribution in [2.75, 3.05) is 0 Å². The van der Waals surface area contributed by atoms with Crippen molar-refractivity contribution in [2.45, 2.75) is 52.5 Å². The van der Waals surface area contributed by atoms with Gasteiger partial charge in [0.15, 0.2) is 0 Å². The quantitative estimate of drug-likeness (QED) is 0.878. The van der Waals surface area contributed by atoms with Crippen LogP contribution in [0.25, 0.3) is 0 Å². The van der Waals surface area contributed by atoms with Crippen molar-refractivity contribution in [3.8, 4) is 0 Å². The second-order valence-electron chi connectivity index (χ2n) is 5.35. The summed E-state index contributed by atoms with van der Waals surface area (Å²) in [4.78, 5) is 26.8. The van der Waals surface area contributed by atoms with Gasteiger partial charge < -0.3 is 5.11 Å². The normalized spacial score (nSPS) is 15.3. The van der Waals surface area contributed by atoms with Crippen LogP contribution in [0.2, 0.25) is 0 Å². The molecular weight excluding hydrogens is 244 g/mol. The molecule has 0 aliphatic heterocycles. The van der Waals surface area contributed by atoms with Gasteiger partial charge in [-0.3, -0.25) is 9.36 Å². The average molecular weight is 264 g/mol. The van der Waals surface area contributed by atoms with Gasteiger partial charge in [-0.1, -0.05) is 19.3 Å². The van der Waals surface area contributed by atoms with E-state index < -0.39 is 5.97 Å². The number of carboxylic acid groups (broad SMARTS) is 1. The lowest BCUT2D eigenvalue weighted by Crippen LogP contribution is -2.29. The van der Waals surface area contributed by atoms with Gasteiger partial charge in [-0.15, -0.1) is 0 Å². The summed E-state index contributed by atoms with van der Waals surface area (Å²) >= 11 is 0. The lowest BCUT2D eigenvalue weighted by Gasteiger charge is -2.26. The van der Waals surface area contributed by atoms with E-state index in [1.54, 1.807) is 11.5 Å². The summed E-state index contributed by atoms with van der Waals surface area (Å²) in [6.45, 7) is 4.16. The van der Waals surface area contributed by atoms with E-state index in [9.17, 15) is 9.59 Å². The molecule has 0 amide bonds. The molecule has 1 aromatic heterocycles. The Hall–Kier alpha value is -1.65. The number of aliphatic carboxylic acids is 1. The van der Waals surface area contributed by atoms with Crippen LogP contribution in [-0.2, 0) is 17.8 Å². The fourth-order valence-corrected chi connectivity index (χ4v) is 2.60. The molecule has 5 nitrogen and oxygen atoms in total. The molecule has 1 aliphatic rings. The minimum absolute atomic E-state index is 0.0750. The molecule has 5 heteroatoms. The van der Waals surface area contributed by atoms with Gasteiger partial charge in [0.05, 0.1) is 6.42 Å². The Labute approximate surface area is 112 Å². The number of aryl methyl sites for hydroxylation is 1. The van der Waals surface area contributed by atoms with Crippen molar-refractivity contribution in [1.82, 2.24) is 9.55 Å². The van der Waals surface area contributed by atoms with Crippen LogP contribution in [0.15, 0.2) is 4.79 Å². The van der Waals surface area contributed by atoms with E-state index in [2.05, 4.69) is 4.98 Å². The minimum atomic E-state index is -0.891. The molecule has 0 saturated heterocycles. The first kappa shape index (κ1) is 13.8. The minimum Gasteiger partial charge on any atom is -0.481 e. The lowest BCUT2D eigenvalue weighted by molar-refractivity contribution is -0.136. The maximum atomic E-state index is 11.9. The monoisotopic (exact) mass is 264 g/mol. The molecule has 19 heavy (non-hydrogen) atoms. The SMILES string of the molecule is Cc1nc(=O)n(CCC2CCC2)c(C)c1CC(=O)O. The van der Waals surface area contributed by atoms with Gasteiger partial charge in [-0.25, -0.2) is 4.79 Å². The van der Waals surface area contributed by atoms with Crippen molar-refractivity contribution in [3.05, 3.63) is 27.4 Å². The second-order valence-corrected chi connectivity index (χ2v) is 5.35. The van der Waals surface area contributed by atoms with Gasteiger partial charge >= 0.3 is 11.7 Å². The van der Waals surface area contributed by atoms with E-state index in [1.165, 1.54) is 19.3 Å². The number of hydrogen-bond donors (Lipinski definition) is 1. The van der Waals surface area contributed by atoms with Crippen molar-refractivity contribution >= 4 is 5.97 Å². The van der Waals surface area contributed by atoms with Crippen LogP contribution in [0, 0.1) is 19.8 Å². The third kappa shape index (κ3) is 3.03. The highest BCUT2D eigenvalue weighted by Gasteiger charge is 2.19. The zero-order chi connectivity index (χ0) is 14.0. The van der Waals surface area contributed by atoms with Crippen molar-refractivity contribution in [3.63, 3.8) is 0 Å². The lowest BCUT2D eigenvalue weighted by atomic mass is 9.83. The molecule has 0 spiro atoms. The summed E-state index contributed by atoms with van der Waals surface area (Å²) < 4.78 is 1.63. The molecule has 0 bridgehead atoms. The van der Waals surface area contributed by atoms with E-state index in [1.807, 2.05) is 6.92 Å². The van der Waals surface area contributed by atoms with Gasteiger partial charge in [-0.05, 0) is 26.2 Å². The van der Waals surface area contributed by atoms with Crippen LogP contribution >= 0.6 is 0 Å². The Bertz CT molecular complexity index is 544. The van der Waals surface area contributed by atoms with E-state index in [4.69, 9.17) is 5.11 Å². The van der Waals surface area contributed by atoms with E-state index in [-0.39, 0.29) is 12.1 Å². The summed E-state index contributed by atoms with van der Waals surface area (Å²) in [5.41, 5.74) is 1.69. The maximum absolute atomic E-state index is 11.9. The molecule has 0 atom stereocenters. The van der Waals surface area contributed by atoms with Gasteiger partial charge in [-0.2, -0.15) is 4.98 Å². The van der Waals surface area contributed by atoms with Crippen LogP contribution in [0.5, 0.6) is 0 Å². The number of rotatable bonds is 5. The number of aromatic nitrogens is 2. The van der Waals surface area contributed by atoms with E-state index in [0.29, 0.717) is 17.8 Å². The molecule has 1 heterocycles. The third-order valence-corrected chi connectivity index (χ3v) is 4.09. The summed E-state index contributed by atoms with van der Waals surface area (Å²) in [5.74, 6) is -0.173. The zero-order valence-electron chi connectivity index (χ0n) is 11.5. The summed E-state index contributed by atoms with van der Waals surface area (Å²) in [6.07, 6.45) is 4.69. The van der Waals surface area contributed by atoms with Gasteiger partial charge in [0, 0.05) is 23.5 Å². The van der Waals surface area contributed by atoms with Crippen LogP contribution in [0.3, 0.4) is 0 Å². The summed E-state index contributed by atoms with van der Waals surface area (Å²) in [6, 6.07) is 0. The predicted molar refractivity (Wildman–Crippen MR) is 71.3 cm³/mol. The van der Waals surface area contributed by atoms with E-state index in [0.717, 1.165) is 18.0 Å². The van der Waals surface area contributed by atoms with Crippen LogP contribution in [0.4, 0.5) is 0 Å². The highest BCUT2D eigenvalue weighted by molar-refractivity contribution is 5.70. The zero-order valence-corrected chi connectivity index (χ0v) is 11.5. The molecule has 0 unspecified atom stereocenters. The van der Waals surface area contributed by atoms with Crippen LogP contribution in [0.1, 0.15) is 42.6 Å². The standard InChI is InChI=1S/C14H20N2O3/c1-9-12(8-13(17)18)10(2)16(14(19)15-9)7-6-11-4-3-5-11/h11H,3-8H2,1-2H3,(H,17,18). The molecule has 1 aromatic rings. The fourth-order valence-electron chi connectivity index (χ4n) is 2.60. The first-order chi connectivity index (χ1) is 8.99. The Morgan fingerprint density at radius 2 is 2.11 bits per heavy atom. The Balaban J connectivity index is 2.25. The smallest absolute Gasteiger partial charge is 0.347 e. The molecule has 0 aromatic carbocycles. The molecular formula is C14H20N2O3. The van der Waals surface area contributed by atoms with Crippen molar-refractivity contribution < 1.29 is 9.90 Å². The van der Waals surface area contributed by atoms with Gasteiger partial charge in [0.1, 0.15) is 0 Å². The number of carboxylic acids is 1. The van der Waals surface area contributed by atoms with Crippen LogP contribution in [-0.4, -0.2) is 20.6 Å². The molecule has 0 radical (unpaired) electrons. The largest absolute Gasteiger partial charge is 0.481 e. The molecule has 1 fully saturated rings. The van der Waals surface area contributed by atoms with Gasteiger partial charge in [0.2, 0.25) is 0 Å². The first-order valence-corrected chi connectivity index (χ1v) is 6.77. The summed E-state index contributed by atoms with van der Waals surface area (Å²) in [5, 5.41) is 8.93. The van der Waals surface area contributed by atoms with Gasteiger partial charge in [0.25, 0.3) is 0 Å². The van der Waals surface area contributed by atoms with Crippen molar-refractivity contribution in [2.24, 2.45) is 5.92 Å². The predicted octanol–water partition coefficient (Wildman–Crippen LogP) is 1.68. The number of hydrogen-bond acceptors (Lipinski definition) is 3. The molecule has 1 N–H and O–H groups in total. The first-order valence-electron chi connectivity index (χ1n) is 6.77. The Morgan fingerprint density at radius 3 is 2.63 bits per heavy atom. The number of nitrogens with zero attached hydrogens (tertiary/aromatic N) is 2. The molecule has 104 valence electrons. The van der Waals surface area contributed by atoms with Crippen molar-refractivity contribution in [1.29, 1.82) is 0 Å². The molecule has 1 saturated carbocycles. The topological polar surface area (TPSA) is 72.2 Å². The Morgan fingerprint density at radius 1 is 1.42 bits per heavy atom.